The number of hydrogen-bond acceptors (Lipinski definition) is 6. The molecule has 2 aliphatic heterocycles. The van der Waals surface area contributed by atoms with E-state index in [9.17, 15) is 9.90 Å². The van der Waals surface area contributed by atoms with Crippen LogP contribution in [0.25, 0.3) is 0 Å². The molecule has 6 unspecified atom stereocenters. The summed E-state index contributed by atoms with van der Waals surface area (Å²) in [5.41, 5.74) is 1.59. The predicted molar refractivity (Wildman–Crippen MR) is 171 cm³/mol. The van der Waals surface area contributed by atoms with Crippen molar-refractivity contribution in [2.24, 2.45) is 51.2 Å². The molecule has 8 fully saturated rings. The van der Waals surface area contributed by atoms with Crippen LogP contribution in [-0.2, 0) is 19.0 Å². The molecule has 0 radical (unpaired) electrons. The number of carbonyl (C=O) groups excluding carboxylic acids is 1. The Morgan fingerprint density at radius 3 is 2.39 bits per heavy atom. The van der Waals surface area contributed by atoms with Crippen molar-refractivity contribution in [3.05, 3.63) is 0 Å². The van der Waals surface area contributed by atoms with Gasteiger partial charge in [0.25, 0.3) is 0 Å². The highest BCUT2D eigenvalue weighted by Crippen LogP contribution is 2.87. The van der Waals surface area contributed by atoms with Gasteiger partial charge in [-0.2, -0.15) is 0 Å². The Bertz CT molecular complexity index is 1030. The van der Waals surface area contributed by atoms with Crippen molar-refractivity contribution in [1.29, 1.82) is 0 Å². The van der Waals surface area contributed by atoms with Crippen LogP contribution in [-0.4, -0.2) is 79.0 Å². The normalized spacial score (nSPS) is 48.0. The summed E-state index contributed by atoms with van der Waals surface area (Å²) in [6.45, 7) is 13.7. The van der Waals surface area contributed by atoms with E-state index in [1.54, 1.807) is 0 Å². The van der Waals surface area contributed by atoms with Gasteiger partial charge in [0, 0.05) is 20.1 Å². The molecule has 0 aromatic carbocycles. The number of amides is 1. The number of aliphatic hydroxyl groups is 2. The molecule has 7 nitrogen and oxygen atoms in total. The SMILES string of the molecule is CC.CC1(C)C2CCC3C4C[C@H]5O[C@@H](CO)CC[C@@H]5C4(C)CC[C@]34CC24CC[C@@H]1OC1CN(C(=O)CC2CC2)CCO1.CO. The highest BCUT2D eigenvalue weighted by atomic mass is 16.7. The average Bonchev–Trinajstić information content (AvgIpc) is 3.96. The van der Waals surface area contributed by atoms with Crippen molar-refractivity contribution in [2.45, 2.75) is 143 Å². The molecule has 2 heterocycles. The molecular formula is C37H63NO6. The summed E-state index contributed by atoms with van der Waals surface area (Å²) in [6.07, 6.45) is 16.4. The van der Waals surface area contributed by atoms with E-state index in [-0.39, 0.29) is 30.5 Å². The van der Waals surface area contributed by atoms with Crippen molar-refractivity contribution in [3.8, 4) is 0 Å². The number of nitrogens with zero attached hydrogens (tertiary/aromatic N) is 1. The third-order valence-corrected chi connectivity index (χ3v) is 14.7. The zero-order valence-electron chi connectivity index (χ0n) is 28.7. The molecule has 11 atom stereocenters. The van der Waals surface area contributed by atoms with Crippen LogP contribution in [0, 0.1) is 51.2 Å². The molecule has 2 saturated heterocycles. The van der Waals surface area contributed by atoms with E-state index in [0.29, 0.717) is 72.1 Å². The van der Waals surface area contributed by atoms with E-state index in [0.717, 1.165) is 31.8 Å². The second kappa shape index (κ2) is 12.4. The van der Waals surface area contributed by atoms with Gasteiger partial charge < -0.3 is 29.3 Å². The Morgan fingerprint density at radius 2 is 1.66 bits per heavy atom. The van der Waals surface area contributed by atoms with Gasteiger partial charge in [-0.15, -0.1) is 0 Å². The molecule has 2 spiro atoms. The van der Waals surface area contributed by atoms with Gasteiger partial charge in [0.1, 0.15) is 0 Å². The number of aliphatic hydroxyl groups excluding tert-OH is 2. The summed E-state index contributed by atoms with van der Waals surface area (Å²) < 4.78 is 19.4. The molecule has 8 rings (SSSR count). The van der Waals surface area contributed by atoms with Gasteiger partial charge in [0.15, 0.2) is 6.29 Å². The van der Waals surface area contributed by atoms with Crippen LogP contribution in [0.5, 0.6) is 0 Å². The second-order valence-electron chi connectivity index (χ2n) is 16.5. The monoisotopic (exact) mass is 617 g/mol. The molecule has 0 bridgehead atoms. The van der Waals surface area contributed by atoms with Crippen LogP contribution >= 0.6 is 0 Å². The van der Waals surface area contributed by atoms with Crippen LogP contribution in [0.3, 0.4) is 0 Å². The Balaban J connectivity index is 0.000000826. The Hall–Kier alpha value is -0.730. The molecule has 7 heteroatoms. The molecule has 2 N–H and O–H groups in total. The highest BCUT2D eigenvalue weighted by Gasteiger charge is 2.80. The second-order valence-corrected chi connectivity index (χ2v) is 16.5. The van der Waals surface area contributed by atoms with E-state index in [2.05, 4.69) is 20.8 Å². The largest absolute Gasteiger partial charge is 0.400 e. The summed E-state index contributed by atoms with van der Waals surface area (Å²) in [7, 11) is 1.00. The van der Waals surface area contributed by atoms with Gasteiger partial charge in [-0.1, -0.05) is 34.6 Å². The third-order valence-electron chi connectivity index (χ3n) is 14.7. The number of rotatable bonds is 5. The van der Waals surface area contributed by atoms with Crippen molar-refractivity contribution >= 4 is 5.91 Å². The van der Waals surface area contributed by atoms with Crippen molar-refractivity contribution in [3.63, 3.8) is 0 Å². The number of fused-ring (bicyclic) bond motifs is 4. The van der Waals surface area contributed by atoms with E-state index < -0.39 is 0 Å². The molecule has 0 aromatic rings. The zero-order chi connectivity index (χ0) is 31.5. The van der Waals surface area contributed by atoms with E-state index in [1.165, 1.54) is 64.2 Å². The molecule has 44 heavy (non-hydrogen) atoms. The van der Waals surface area contributed by atoms with Crippen molar-refractivity contribution in [1.82, 2.24) is 4.90 Å². The van der Waals surface area contributed by atoms with Crippen LogP contribution in [0.1, 0.15) is 118 Å². The maximum atomic E-state index is 12.8. The number of hydrogen-bond donors (Lipinski definition) is 2. The maximum absolute atomic E-state index is 12.8. The van der Waals surface area contributed by atoms with Crippen molar-refractivity contribution < 1.29 is 29.2 Å². The molecule has 6 saturated carbocycles. The predicted octanol–water partition coefficient (Wildman–Crippen LogP) is 6.19. The maximum Gasteiger partial charge on any atom is 0.223 e. The van der Waals surface area contributed by atoms with E-state index >= 15 is 0 Å². The topological polar surface area (TPSA) is 88.5 Å². The fourth-order valence-electron chi connectivity index (χ4n) is 12.5. The van der Waals surface area contributed by atoms with Gasteiger partial charge in [-0.05, 0) is 128 Å². The van der Waals surface area contributed by atoms with Crippen LogP contribution in [0.2, 0.25) is 0 Å². The minimum atomic E-state index is -0.278. The zero-order valence-corrected chi connectivity index (χ0v) is 28.7. The summed E-state index contributed by atoms with van der Waals surface area (Å²) >= 11 is 0. The Morgan fingerprint density at radius 1 is 0.909 bits per heavy atom. The summed E-state index contributed by atoms with van der Waals surface area (Å²) in [5.74, 6) is 3.98. The van der Waals surface area contributed by atoms with Crippen LogP contribution < -0.4 is 0 Å². The van der Waals surface area contributed by atoms with Gasteiger partial charge in [-0.3, -0.25) is 4.79 Å². The summed E-state index contributed by atoms with van der Waals surface area (Å²) in [4.78, 5) is 14.8. The first-order valence-electron chi connectivity index (χ1n) is 18.5. The standard InChI is InChI=1S/C34H53NO5.C2H6.CH4O/c1-31(2)27-9-8-23-25-17-26-24(7-6-22(19-36)39-26)32(25,3)12-13-33(23)20-34(27,33)11-10-28(31)40-30-18-35(14-15-38-30)29(37)16-21-4-5-21;2*1-2/h21-28,30,36H,4-20H2,1-3H3;1-2H3;2H,1H3/t22-,23?,24+,25?,26-,27?,28+,30?,32?,33+,34?;;/m1../s1. The summed E-state index contributed by atoms with van der Waals surface area (Å²) in [5, 5.41) is 16.8. The minimum Gasteiger partial charge on any atom is -0.400 e. The molecule has 8 aliphatic rings. The lowest BCUT2D eigenvalue weighted by atomic mass is 9.46. The first-order valence-corrected chi connectivity index (χ1v) is 18.5. The molecule has 6 aliphatic carbocycles. The first kappa shape index (κ1) is 33.2. The van der Waals surface area contributed by atoms with Gasteiger partial charge in [-0.25, -0.2) is 0 Å². The highest BCUT2D eigenvalue weighted by molar-refractivity contribution is 5.76. The van der Waals surface area contributed by atoms with Crippen molar-refractivity contribution in [2.75, 3.05) is 33.4 Å². The number of ether oxygens (including phenoxy) is 3. The lowest BCUT2D eigenvalue weighted by molar-refractivity contribution is -0.244. The number of carbonyl (C=O) groups is 1. The lowest BCUT2D eigenvalue weighted by Gasteiger charge is -2.60. The van der Waals surface area contributed by atoms with Gasteiger partial charge in [0.05, 0.1) is 38.1 Å². The van der Waals surface area contributed by atoms with Crippen LogP contribution in [0.4, 0.5) is 0 Å². The third kappa shape index (κ3) is 5.13. The fourth-order valence-corrected chi connectivity index (χ4v) is 12.5. The minimum absolute atomic E-state index is 0.0644. The van der Waals surface area contributed by atoms with E-state index in [1.807, 2.05) is 18.7 Å². The average molecular weight is 618 g/mol. The number of morpholine rings is 1. The first-order chi connectivity index (χ1) is 21.2. The van der Waals surface area contributed by atoms with Crippen LogP contribution in [0.15, 0.2) is 0 Å². The Kier molecular flexibility index (Phi) is 9.33. The quantitative estimate of drug-likeness (QED) is 0.383. The Labute approximate surface area is 267 Å². The molecule has 252 valence electrons. The van der Waals surface area contributed by atoms with Gasteiger partial charge >= 0.3 is 0 Å². The molecular weight excluding hydrogens is 554 g/mol. The lowest BCUT2D eigenvalue weighted by Crippen LogP contribution is -2.56. The fraction of sp³-hybridized carbons (Fsp3) is 0.973. The summed E-state index contributed by atoms with van der Waals surface area (Å²) in [6, 6.07) is 0. The molecule has 1 amide bonds. The smallest absolute Gasteiger partial charge is 0.223 e. The van der Waals surface area contributed by atoms with Gasteiger partial charge in [0.2, 0.25) is 5.91 Å². The van der Waals surface area contributed by atoms with E-state index in [4.69, 9.17) is 19.3 Å². The molecule has 0 aromatic heterocycles.